The minimum Gasteiger partial charge on any atom is -0.497 e. The second-order valence-corrected chi connectivity index (χ2v) is 7.99. The number of aliphatic hydroxyl groups is 1. The Morgan fingerprint density at radius 2 is 1.77 bits per heavy atom. The first-order valence-corrected chi connectivity index (χ1v) is 11.4. The molecule has 0 saturated carbocycles. The van der Waals surface area contributed by atoms with E-state index in [0.29, 0.717) is 25.2 Å². The summed E-state index contributed by atoms with van der Waals surface area (Å²) in [6.45, 7) is 4.19. The molecule has 0 atom stereocenters. The molecule has 10 nitrogen and oxygen atoms in total. The standard InChI is InChI=1S/C24H27N5O4.CH4O/c1-33-17-7-5-16(6-8-17)24(32)29-14-12-28(13-15-29)11-3-10-27-21-19(25)22(30)18-4-2-9-26-20(18)23(21)31;1-2/h2,4-9,27H,3,10-15,25H2,1H3;2H,1H3. The van der Waals surface area contributed by atoms with Crippen molar-refractivity contribution >= 4 is 17.5 Å². The van der Waals surface area contributed by atoms with Gasteiger partial charge in [-0.1, -0.05) is 0 Å². The Bertz CT molecular complexity index is 1090. The molecule has 0 radical (unpaired) electrons. The Balaban J connectivity index is 0.00000167. The topological polar surface area (TPSA) is 138 Å². The van der Waals surface area contributed by atoms with E-state index in [-0.39, 0.29) is 40.1 Å². The van der Waals surface area contributed by atoms with Crippen LogP contribution in [-0.4, -0.2) is 90.9 Å². The molecule has 1 aliphatic heterocycles. The van der Waals surface area contributed by atoms with Gasteiger partial charge in [-0.05, 0) is 49.4 Å². The predicted octanol–water partition coefficient (Wildman–Crippen LogP) is 0.686. The van der Waals surface area contributed by atoms with Crippen LogP contribution in [0.3, 0.4) is 0 Å². The minimum absolute atomic E-state index is 0.0238. The van der Waals surface area contributed by atoms with Gasteiger partial charge in [0.1, 0.15) is 22.8 Å². The van der Waals surface area contributed by atoms with Gasteiger partial charge in [-0.25, -0.2) is 0 Å². The molecule has 10 heteroatoms. The van der Waals surface area contributed by atoms with E-state index in [1.54, 1.807) is 43.5 Å². The van der Waals surface area contributed by atoms with Gasteiger partial charge >= 0.3 is 0 Å². The largest absolute Gasteiger partial charge is 0.497 e. The maximum absolute atomic E-state index is 12.7. The van der Waals surface area contributed by atoms with Gasteiger partial charge in [-0.15, -0.1) is 0 Å². The third-order valence-corrected chi connectivity index (χ3v) is 5.96. The summed E-state index contributed by atoms with van der Waals surface area (Å²) in [5.41, 5.74) is 7.02. The minimum atomic E-state index is -0.377. The van der Waals surface area contributed by atoms with Gasteiger partial charge in [-0.3, -0.25) is 24.3 Å². The number of rotatable bonds is 7. The fourth-order valence-electron chi connectivity index (χ4n) is 4.05. The molecule has 2 aliphatic rings. The van der Waals surface area contributed by atoms with Crippen molar-refractivity contribution in [2.24, 2.45) is 5.73 Å². The van der Waals surface area contributed by atoms with Crippen molar-refractivity contribution in [2.75, 3.05) is 53.5 Å². The molecule has 4 N–H and O–H groups in total. The zero-order chi connectivity index (χ0) is 25.4. The quantitative estimate of drug-likeness (QED) is 0.488. The third kappa shape index (κ3) is 5.84. The van der Waals surface area contributed by atoms with Crippen LogP contribution in [0.25, 0.3) is 0 Å². The van der Waals surface area contributed by atoms with Crippen LogP contribution in [0.15, 0.2) is 54.0 Å². The molecule has 186 valence electrons. The maximum atomic E-state index is 12.7. The highest BCUT2D eigenvalue weighted by Gasteiger charge is 2.31. The van der Waals surface area contributed by atoms with Crippen molar-refractivity contribution < 1.29 is 24.2 Å². The molecule has 1 saturated heterocycles. The van der Waals surface area contributed by atoms with Crippen molar-refractivity contribution in [1.82, 2.24) is 20.1 Å². The zero-order valence-electron chi connectivity index (χ0n) is 20.0. The lowest BCUT2D eigenvalue weighted by Gasteiger charge is -2.34. The molecule has 2 aromatic rings. The van der Waals surface area contributed by atoms with E-state index in [0.717, 1.165) is 38.9 Å². The Labute approximate surface area is 204 Å². The number of methoxy groups -OCH3 is 1. The summed E-state index contributed by atoms with van der Waals surface area (Å²) in [5.74, 6) is 0.0178. The lowest BCUT2D eigenvalue weighted by molar-refractivity contribution is 0.0636. The second-order valence-electron chi connectivity index (χ2n) is 7.99. The van der Waals surface area contributed by atoms with E-state index in [1.165, 1.54) is 6.20 Å². The Kier molecular flexibility index (Phi) is 8.93. The van der Waals surface area contributed by atoms with Gasteiger partial charge in [0.2, 0.25) is 11.6 Å². The van der Waals surface area contributed by atoms with Crippen LogP contribution in [0, 0.1) is 0 Å². The molecule has 1 fully saturated rings. The number of fused-ring (bicyclic) bond motifs is 1. The molecule has 1 aromatic heterocycles. The molecular weight excluding hydrogens is 450 g/mol. The number of hydrogen-bond acceptors (Lipinski definition) is 9. The second kappa shape index (κ2) is 12.1. The Morgan fingerprint density at radius 1 is 1.09 bits per heavy atom. The molecule has 0 unspecified atom stereocenters. The van der Waals surface area contributed by atoms with Crippen LogP contribution >= 0.6 is 0 Å². The van der Waals surface area contributed by atoms with E-state index in [2.05, 4.69) is 15.2 Å². The van der Waals surface area contributed by atoms with E-state index >= 15 is 0 Å². The van der Waals surface area contributed by atoms with Crippen LogP contribution < -0.4 is 15.8 Å². The first kappa shape index (κ1) is 25.9. The number of carbonyl (C=O) groups is 3. The fourth-order valence-corrected chi connectivity index (χ4v) is 4.05. The first-order chi connectivity index (χ1) is 17.0. The number of benzene rings is 1. The maximum Gasteiger partial charge on any atom is 0.253 e. The van der Waals surface area contributed by atoms with Gasteiger partial charge in [0.15, 0.2) is 0 Å². The molecule has 0 spiro atoms. The number of carbonyl (C=O) groups excluding carboxylic acids is 3. The Morgan fingerprint density at radius 3 is 2.43 bits per heavy atom. The van der Waals surface area contributed by atoms with Gasteiger partial charge in [0.25, 0.3) is 5.91 Å². The number of ether oxygens (including phenoxy) is 1. The Hall–Kier alpha value is -3.76. The van der Waals surface area contributed by atoms with E-state index in [4.69, 9.17) is 15.6 Å². The molecule has 1 aliphatic carbocycles. The molecule has 2 heterocycles. The molecule has 35 heavy (non-hydrogen) atoms. The summed E-state index contributed by atoms with van der Waals surface area (Å²) >= 11 is 0. The van der Waals surface area contributed by atoms with Crippen molar-refractivity contribution in [3.63, 3.8) is 0 Å². The van der Waals surface area contributed by atoms with Gasteiger partial charge in [0.05, 0.1) is 12.7 Å². The van der Waals surface area contributed by atoms with E-state index in [9.17, 15) is 14.4 Å². The summed E-state index contributed by atoms with van der Waals surface area (Å²) in [6.07, 6.45) is 2.25. The average molecular weight is 482 g/mol. The highest BCUT2D eigenvalue weighted by Crippen LogP contribution is 2.21. The normalized spacial score (nSPS) is 15.8. The molecule has 1 aromatic carbocycles. The van der Waals surface area contributed by atoms with Crippen LogP contribution in [0.4, 0.5) is 0 Å². The fraction of sp³-hybridized carbons (Fsp3) is 0.360. The summed E-state index contributed by atoms with van der Waals surface area (Å²) in [4.78, 5) is 45.9. The van der Waals surface area contributed by atoms with E-state index < -0.39 is 0 Å². The van der Waals surface area contributed by atoms with Crippen molar-refractivity contribution in [3.8, 4) is 5.75 Å². The monoisotopic (exact) mass is 481 g/mol. The summed E-state index contributed by atoms with van der Waals surface area (Å²) in [6, 6.07) is 10.3. The summed E-state index contributed by atoms with van der Waals surface area (Å²) < 4.78 is 5.14. The third-order valence-electron chi connectivity index (χ3n) is 5.96. The summed E-state index contributed by atoms with van der Waals surface area (Å²) in [7, 11) is 2.60. The number of amides is 1. The number of pyridine rings is 1. The van der Waals surface area contributed by atoms with Crippen molar-refractivity contribution in [2.45, 2.75) is 6.42 Å². The van der Waals surface area contributed by atoms with Gasteiger partial charge < -0.3 is 25.8 Å². The SMILES string of the molecule is CO.COc1ccc(C(=O)N2CCN(CCCNC3=C(N)C(=O)c4cccnc4C3=O)CC2)cc1. The molecule has 0 bridgehead atoms. The highest BCUT2D eigenvalue weighted by molar-refractivity contribution is 6.25. The van der Waals surface area contributed by atoms with E-state index in [1.807, 2.05) is 4.90 Å². The van der Waals surface area contributed by atoms with Gasteiger partial charge in [0, 0.05) is 51.6 Å². The number of nitrogens with two attached hydrogens (primary N) is 1. The molecule has 1 amide bonds. The number of piperazine rings is 1. The number of allylic oxidation sites excluding steroid dienone is 2. The predicted molar refractivity (Wildman–Crippen MR) is 130 cm³/mol. The van der Waals surface area contributed by atoms with Crippen molar-refractivity contribution in [1.29, 1.82) is 0 Å². The number of aliphatic hydroxyl groups excluding tert-OH is 1. The smallest absolute Gasteiger partial charge is 0.253 e. The number of aromatic nitrogens is 1. The number of ketones is 2. The number of Topliss-reactive ketones (excluding diaryl/α,β-unsaturated/α-hetero) is 2. The van der Waals surface area contributed by atoms with Crippen LogP contribution in [0.5, 0.6) is 5.75 Å². The number of hydrogen-bond donors (Lipinski definition) is 3. The van der Waals surface area contributed by atoms with Crippen LogP contribution in [0.2, 0.25) is 0 Å². The first-order valence-electron chi connectivity index (χ1n) is 11.4. The van der Waals surface area contributed by atoms with Crippen molar-refractivity contribution in [3.05, 3.63) is 70.8 Å². The number of nitrogens with zero attached hydrogens (tertiary/aromatic N) is 3. The average Bonchev–Trinajstić information content (AvgIpc) is 2.92. The number of nitrogens with one attached hydrogen (secondary N) is 1. The van der Waals surface area contributed by atoms with Crippen LogP contribution in [0.1, 0.15) is 37.6 Å². The summed E-state index contributed by atoms with van der Waals surface area (Å²) in [5, 5.41) is 10.0. The highest BCUT2D eigenvalue weighted by atomic mass is 16.5. The lowest BCUT2D eigenvalue weighted by Crippen LogP contribution is -2.49. The zero-order valence-corrected chi connectivity index (χ0v) is 20.0. The lowest BCUT2D eigenvalue weighted by atomic mass is 9.95. The van der Waals surface area contributed by atoms with Gasteiger partial charge in [-0.2, -0.15) is 0 Å². The molecular formula is C25H31N5O5. The van der Waals surface area contributed by atoms with Crippen LogP contribution in [-0.2, 0) is 0 Å². The molecule has 4 rings (SSSR count).